The zero-order chi connectivity index (χ0) is 12.7. The average molecular weight is 238 g/mol. The number of carbonyl (C=O) groups excluding carboxylic acids is 1. The van der Waals surface area contributed by atoms with Crippen LogP contribution < -0.4 is 0 Å². The van der Waals surface area contributed by atoms with Crippen molar-refractivity contribution >= 4 is 5.97 Å². The maximum Gasteiger partial charge on any atom is 0.306 e. The van der Waals surface area contributed by atoms with Crippen molar-refractivity contribution in [2.24, 2.45) is 5.92 Å². The van der Waals surface area contributed by atoms with Crippen molar-refractivity contribution in [3.8, 4) is 0 Å². The van der Waals surface area contributed by atoms with Gasteiger partial charge in [-0.1, -0.05) is 25.0 Å². The molecule has 17 heavy (non-hydrogen) atoms. The highest BCUT2D eigenvalue weighted by atomic mass is 16.5. The Labute approximate surface area is 105 Å². The molecular weight excluding hydrogens is 212 g/mol. The molecule has 1 rings (SSSR count). The predicted octanol–water partition coefficient (Wildman–Crippen LogP) is 4.24. The molecule has 0 saturated heterocycles. The Morgan fingerprint density at radius 2 is 2.06 bits per heavy atom. The first-order valence-corrected chi connectivity index (χ1v) is 6.90. The zero-order valence-electron chi connectivity index (χ0n) is 11.5. The molecular formula is C15H26O2. The molecule has 2 heteroatoms. The van der Waals surface area contributed by atoms with Gasteiger partial charge in [0.25, 0.3) is 0 Å². The molecule has 0 N–H and O–H groups in total. The highest BCUT2D eigenvalue weighted by molar-refractivity contribution is 5.69. The summed E-state index contributed by atoms with van der Waals surface area (Å²) in [5.41, 5.74) is 1.39. The summed E-state index contributed by atoms with van der Waals surface area (Å²) < 4.78 is 5.21. The Balaban J connectivity index is 1.96. The highest BCUT2D eigenvalue weighted by Crippen LogP contribution is 2.24. The van der Waals surface area contributed by atoms with Crippen molar-refractivity contribution < 1.29 is 9.53 Å². The van der Waals surface area contributed by atoms with Gasteiger partial charge in [0.1, 0.15) is 6.10 Å². The SMILES string of the molecule is CC(C)=CCCC(C)CCCC(=O)OC1CC1. The number of esters is 1. The highest BCUT2D eigenvalue weighted by Gasteiger charge is 2.25. The lowest BCUT2D eigenvalue weighted by Crippen LogP contribution is -2.06. The maximum atomic E-state index is 11.3. The standard InChI is InChI=1S/C15H26O2/c1-12(2)6-4-7-13(3)8-5-9-15(16)17-14-10-11-14/h6,13-14H,4-5,7-11H2,1-3H3. The summed E-state index contributed by atoms with van der Waals surface area (Å²) in [5.74, 6) is 0.711. The first-order chi connectivity index (χ1) is 8.08. The van der Waals surface area contributed by atoms with Crippen molar-refractivity contribution in [2.45, 2.75) is 71.8 Å². The minimum atomic E-state index is 0.00370. The summed E-state index contributed by atoms with van der Waals surface area (Å²) in [4.78, 5) is 11.3. The second kappa shape index (κ2) is 7.52. The first kappa shape index (κ1) is 14.3. The molecule has 0 aromatic heterocycles. The van der Waals surface area contributed by atoms with E-state index in [0.29, 0.717) is 12.3 Å². The summed E-state index contributed by atoms with van der Waals surface area (Å²) in [6.45, 7) is 6.54. The number of allylic oxidation sites excluding steroid dienone is 2. The van der Waals surface area contributed by atoms with Crippen LogP contribution in [0.5, 0.6) is 0 Å². The van der Waals surface area contributed by atoms with Crippen LogP contribution in [0.1, 0.15) is 65.7 Å². The van der Waals surface area contributed by atoms with Crippen LogP contribution in [0.2, 0.25) is 0 Å². The summed E-state index contributed by atoms with van der Waals surface area (Å²) in [6, 6.07) is 0. The van der Waals surface area contributed by atoms with Crippen molar-refractivity contribution in [3.63, 3.8) is 0 Å². The summed E-state index contributed by atoms with van der Waals surface area (Å²) in [6.07, 6.45) is 9.80. The van der Waals surface area contributed by atoms with Crippen LogP contribution in [0.4, 0.5) is 0 Å². The minimum absolute atomic E-state index is 0.00370. The molecule has 2 nitrogen and oxygen atoms in total. The maximum absolute atomic E-state index is 11.3. The van der Waals surface area contributed by atoms with Gasteiger partial charge in [0.05, 0.1) is 0 Å². The molecule has 1 saturated carbocycles. The van der Waals surface area contributed by atoms with E-state index >= 15 is 0 Å². The van der Waals surface area contributed by atoms with Gasteiger partial charge in [0, 0.05) is 6.42 Å². The molecule has 0 radical (unpaired) electrons. The lowest BCUT2D eigenvalue weighted by Gasteiger charge is -2.09. The largest absolute Gasteiger partial charge is 0.462 e. The van der Waals surface area contributed by atoms with Gasteiger partial charge in [0.2, 0.25) is 0 Å². The van der Waals surface area contributed by atoms with Gasteiger partial charge in [-0.15, -0.1) is 0 Å². The molecule has 1 aliphatic rings. The van der Waals surface area contributed by atoms with Crippen molar-refractivity contribution in [1.82, 2.24) is 0 Å². The van der Waals surface area contributed by atoms with Crippen LogP contribution in [-0.2, 0) is 9.53 Å². The molecule has 1 unspecified atom stereocenters. The van der Waals surface area contributed by atoms with E-state index in [9.17, 15) is 4.79 Å². The molecule has 0 aliphatic heterocycles. The fourth-order valence-corrected chi connectivity index (χ4v) is 1.83. The Bertz CT molecular complexity index is 260. The van der Waals surface area contributed by atoms with Gasteiger partial charge >= 0.3 is 5.97 Å². The van der Waals surface area contributed by atoms with Crippen molar-refractivity contribution in [1.29, 1.82) is 0 Å². The average Bonchev–Trinajstić information content (AvgIpc) is 3.01. The van der Waals surface area contributed by atoms with E-state index in [1.807, 2.05) is 0 Å². The van der Waals surface area contributed by atoms with Crippen molar-refractivity contribution in [3.05, 3.63) is 11.6 Å². The van der Waals surface area contributed by atoms with Crippen LogP contribution >= 0.6 is 0 Å². The van der Waals surface area contributed by atoms with Crippen LogP contribution in [0, 0.1) is 5.92 Å². The Morgan fingerprint density at radius 1 is 1.35 bits per heavy atom. The molecule has 98 valence electrons. The smallest absolute Gasteiger partial charge is 0.306 e. The Morgan fingerprint density at radius 3 is 2.65 bits per heavy atom. The van der Waals surface area contributed by atoms with E-state index in [1.165, 1.54) is 12.0 Å². The summed E-state index contributed by atoms with van der Waals surface area (Å²) in [5, 5.41) is 0. The third-order valence-corrected chi connectivity index (χ3v) is 3.11. The molecule has 0 amide bonds. The van der Waals surface area contributed by atoms with Crippen LogP contribution in [0.3, 0.4) is 0 Å². The van der Waals surface area contributed by atoms with Crippen LogP contribution in [0.15, 0.2) is 11.6 Å². The fourth-order valence-electron chi connectivity index (χ4n) is 1.83. The first-order valence-electron chi connectivity index (χ1n) is 6.90. The van der Waals surface area contributed by atoms with Gasteiger partial charge in [0.15, 0.2) is 0 Å². The molecule has 0 aromatic carbocycles. The third kappa shape index (κ3) is 8.00. The molecule has 0 heterocycles. The van der Waals surface area contributed by atoms with E-state index in [2.05, 4.69) is 26.8 Å². The molecule has 1 aliphatic carbocycles. The molecule has 1 fully saturated rings. The fraction of sp³-hybridized carbons (Fsp3) is 0.800. The second-order valence-electron chi connectivity index (χ2n) is 5.55. The third-order valence-electron chi connectivity index (χ3n) is 3.11. The van der Waals surface area contributed by atoms with E-state index in [1.54, 1.807) is 0 Å². The van der Waals surface area contributed by atoms with E-state index in [0.717, 1.165) is 32.1 Å². The molecule has 0 aromatic rings. The molecule has 0 bridgehead atoms. The topological polar surface area (TPSA) is 26.3 Å². The van der Waals surface area contributed by atoms with Crippen LogP contribution in [-0.4, -0.2) is 12.1 Å². The van der Waals surface area contributed by atoms with Gasteiger partial charge in [-0.05, 0) is 51.9 Å². The normalized spacial score (nSPS) is 16.4. The predicted molar refractivity (Wildman–Crippen MR) is 70.8 cm³/mol. The van der Waals surface area contributed by atoms with E-state index in [-0.39, 0.29) is 12.1 Å². The molecule has 1 atom stereocenters. The van der Waals surface area contributed by atoms with E-state index < -0.39 is 0 Å². The number of rotatable bonds is 8. The lowest BCUT2D eigenvalue weighted by molar-refractivity contribution is -0.145. The lowest BCUT2D eigenvalue weighted by atomic mass is 9.98. The number of hydrogen-bond donors (Lipinski definition) is 0. The number of carbonyl (C=O) groups is 1. The second-order valence-corrected chi connectivity index (χ2v) is 5.55. The molecule has 0 spiro atoms. The van der Waals surface area contributed by atoms with E-state index in [4.69, 9.17) is 4.74 Å². The minimum Gasteiger partial charge on any atom is -0.462 e. The number of hydrogen-bond acceptors (Lipinski definition) is 2. The van der Waals surface area contributed by atoms with Crippen molar-refractivity contribution in [2.75, 3.05) is 0 Å². The summed E-state index contributed by atoms with van der Waals surface area (Å²) >= 11 is 0. The van der Waals surface area contributed by atoms with Gasteiger partial charge in [-0.2, -0.15) is 0 Å². The number of ether oxygens (including phenoxy) is 1. The van der Waals surface area contributed by atoms with Crippen LogP contribution in [0.25, 0.3) is 0 Å². The summed E-state index contributed by atoms with van der Waals surface area (Å²) in [7, 11) is 0. The van der Waals surface area contributed by atoms with Gasteiger partial charge < -0.3 is 4.74 Å². The monoisotopic (exact) mass is 238 g/mol. The van der Waals surface area contributed by atoms with Gasteiger partial charge in [-0.3, -0.25) is 4.79 Å². The Kier molecular flexibility index (Phi) is 6.31. The quantitative estimate of drug-likeness (QED) is 0.467. The zero-order valence-corrected chi connectivity index (χ0v) is 11.5. The van der Waals surface area contributed by atoms with Gasteiger partial charge in [-0.25, -0.2) is 0 Å². The Hall–Kier alpha value is -0.790.